The van der Waals surface area contributed by atoms with E-state index in [4.69, 9.17) is 10.4 Å². The fraction of sp³-hybridized carbons (Fsp3) is 0.857. The lowest BCUT2D eigenvalue weighted by atomic mass is 9.93. The van der Waals surface area contributed by atoms with Crippen LogP contribution >= 0.6 is 0 Å². The van der Waals surface area contributed by atoms with Gasteiger partial charge in [-0.15, -0.1) is 0 Å². The van der Waals surface area contributed by atoms with Gasteiger partial charge in [-0.25, -0.2) is 0 Å². The molecule has 3 nitrogen and oxygen atoms in total. The van der Waals surface area contributed by atoms with Gasteiger partial charge in [-0.3, -0.25) is 0 Å². The lowest BCUT2D eigenvalue weighted by Crippen LogP contribution is -2.31. The van der Waals surface area contributed by atoms with Crippen LogP contribution in [0, 0.1) is 11.5 Å². The molecule has 0 aromatic heterocycles. The van der Waals surface area contributed by atoms with E-state index in [2.05, 4.69) is 5.32 Å². The van der Waals surface area contributed by atoms with Crippen molar-refractivity contribution in [3.8, 4) is 6.19 Å². The summed E-state index contributed by atoms with van der Waals surface area (Å²) in [6.45, 7) is 0. The van der Waals surface area contributed by atoms with Gasteiger partial charge in [0.1, 0.15) is 0 Å². The van der Waals surface area contributed by atoms with Gasteiger partial charge in [-0.2, -0.15) is 5.26 Å². The van der Waals surface area contributed by atoms with Crippen LogP contribution in [0.5, 0.6) is 0 Å². The molecule has 1 fully saturated rings. The van der Waals surface area contributed by atoms with Crippen LogP contribution in [0.4, 0.5) is 0 Å². The Kier molecular flexibility index (Phi) is 2.52. The summed E-state index contributed by atoms with van der Waals surface area (Å²) in [6, 6.07) is 0.313. The second-order valence-corrected chi connectivity index (χ2v) is 2.76. The van der Waals surface area contributed by atoms with Crippen molar-refractivity contribution in [2.75, 3.05) is 0 Å². The van der Waals surface area contributed by atoms with Crippen LogP contribution < -0.4 is 5.32 Å². The summed E-state index contributed by atoms with van der Waals surface area (Å²) in [6.07, 6.45) is 5.31. The average molecular weight is 140 g/mol. The van der Waals surface area contributed by atoms with Crippen LogP contribution in [0.15, 0.2) is 0 Å². The Hall–Kier alpha value is -0.750. The second kappa shape index (κ2) is 3.43. The molecule has 0 aromatic rings. The summed E-state index contributed by atoms with van der Waals surface area (Å²) in [4.78, 5) is 0. The number of nitrogens with one attached hydrogen (secondary N) is 1. The zero-order valence-corrected chi connectivity index (χ0v) is 5.88. The molecule has 0 radical (unpaired) electrons. The number of nitriles is 1. The van der Waals surface area contributed by atoms with E-state index in [1.807, 2.05) is 6.19 Å². The van der Waals surface area contributed by atoms with Crippen LogP contribution in [0.3, 0.4) is 0 Å². The maximum atomic E-state index is 9.08. The molecular weight excluding hydrogens is 128 g/mol. The normalized spacial score (nSPS) is 32.8. The molecule has 0 unspecified atom stereocenters. The van der Waals surface area contributed by atoms with Crippen molar-refractivity contribution >= 4 is 0 Å². The van der Waals surface area contributed by atoms with Gasteiger partial charge in [-0.05, 0) is 25.7 Å². The molecule has 0 atom stereocenters. The highest BCUT2D eigenvalue weighted by atomic mass is 16.3. The Morgan fingerprint density at radius 2 is 1.90 bits per heavy atom. The summed E-state index contributed by atoms with van der Waals surface area (Å²) >= 11 is 0. The zero-order valence-electron chi connectivity index (χ0n) is 5.88. The minimum absolute atomic E-state index is 0.128. The van der Waals surface area contributed by atoms with E-state index in [9.17, 15) is 0 Å². The van der Waals surface area contributed by atoms with Gasteiger partial charge < -0.3 is 10.4 Å². The predicted octanol–water partition coefficient (Wildman–Crippen LogP) is 0.361. The SMILES string of the molecule is N#CNC1CCC(O)CC1. The summed E-state index contributed by atoms with van der Waals surface area (Å²) in [5.74, 6) is 0. The number of hydrogen-bond donors (Lipinski definition) is 2. The lowest BCUT2D eigenvalue weighted by molar-refractivity contribution is 0.119. The van der Waals surface area contributed by atoms with Crippen LogP contribution in [0.1, 0.15) is 25.7 Å². The van der Waals surface area contributed by atoms with Crippen molar-refractivity contribution in [3.05, 3.63) is 0 Å². The second-order valence-electron chi connectivity index (χ2n) is 2.76. The number of hydrogen-bond acceptors (Lipinski definition) is 3. The van der Waals surface area contributed by atoms with Gasteiger partial charge in [0.05, 0.1) is 6.10 Å². The van der Waals surface area contributed by atoms with Gasteiger partial charge in [0.2, 0.25) is 0 Å². The van der Waals surface area contributed by atoms with E-state index in [0.717, 1.165) is 25.7 Å². The third-order valence-electron chi connectivity index (χ3n) is 1.97. The first-order valence-electron chi connectivity index (χ1n) is 3.65. The van der Waals surface area contributed by atoms with E-state index in [-0.39, 0.29) is 6.10 Å². The molecule has 2 N–H and O–H groups in total. The van der Waals surface area contributed by atoms with Crippen LogP contribution in [-0.4, -0.2) is 17.3 Å². The number of rotatable bonds is 1. The van der Waals surface area contributed by atoms with Gasteiger partial charge in [0, 0.05) is 6.04 Å². The van der Waals surface area contributed by atoms with Crippen molar-refractivity contribution in [2.24, 2.45) is 0 Å². The van der Waals surface area contributed by atoms with Gasteiger partial charge in [0.25, 0.3) is 0 Å². The van der Waals surface area contributed by atoms with Crippen molar-refractivity contribution in [1.82, 2.24) is 5.32 Å². The fourth-order valence-corrected chi connectivity index (χ4v) is 1.31. The van der Waals surface area contributed by atoms with Crippen molar-refractivity contribution in [2.45, 2.75) is 37.8 Å². The van der Waals surface area contributed by atoms with Crippen LogP contribution in [0.2, 0.25) is 0 Å². The van der Waals surface area contributed by atoms with E-state index < -0.39 is 0 Å². The van der Waals surface area contributed by atoms with Gasteiger partial charge in [-0.1, -0.05) is 0 Å². The molecule has 0 heterocycles. The first kappa shape index (κ1) is 7.36. The van der Waals surface area contributed by atoms with E-state index in [1.165, 1.54) is 0 Å². The quantitative estimate of drug-likeness (QED) is 0.408. The largest absolute Gasteiger partial charge is 0.393 e. The number of aliphatic hydroxyl groups excluding tert-OH is 1. The Balaban J connectivity index is 2.21. The van der Waals surface area contributed by atoms with Crippen molar-refractivity contribution in [3.63, 3.8) is 0 Å². The maximum Gasteiger partial charge on any atom is 0.176 e. The molecule has 56 valence electrons. The standard InChI is InChI=1S/C7H12N2O/c8-5-9-6-1-3-7(10)4-2-6/h6-7,9-10H,1-4H2. The monoisotopic (exact) mass is 140 g/mol. The Labute approximate surface area is 60.7 Å². The van der Waals surface area contributed by atoms with Crippen LogP contribution in [0.25, 0.3) is 0 Å². The van der Waals surface area contributed by atoms with Gasteiger partial charge in [0.15, 0.2) is 6.19 Å². The summed E-state index contributed by atoms with van der Waals surface area (Å²) in [5.41, 5.74) is 0. The molecule has 1 aliphatic carbocycles. The molecule has 0 saturated heterocycles. The molecule has 1 saturated carbocycles. The van der Waals surface area contributed by atoms with Gasteiger partial charge >= 0.3 is 0 Å². The summed E-state index contributed by atoms with van der Waals surface area (Å²) < 4.78 is 0. The third-order valence-corrected chi connectivity index (χ3v) is 1.97. The van der Waals surface area contributed by atoms with Crippen LogP contribution in [-0.2, 0) is 0 Å². The maximum absolute atomic E-state index is 9.08. The first-order valence-corrected chi connectivity index (χ1v) is 3.65. The fourth-order valence-electron chi connectivity index (χ4n) is 1.31. The number of nitrogens with zero attached hydrogens (tertiary/aromatic N) is 1. The third kappa shape index (κ3) is 1.89. The molecule has 3 heteroatoms. The lowest BCUT2D eigenvalue weighted by Gasteiger charge is -2.23. The topological polar surface area (TPSA) is 56.0 Å². The molecule has 0 aliphatic heterocycles. The number of aliphatic hydroxyl groups is 1. The summed E-state index contributed by atoms with van der Waals surface area (Å²) in [5, 5.41) is 20.0. The molecule has 0 amide bonds. The van der Waals surface area contributed by atoms with Crippen molar-refractivity contribution in [1.29, 1.82) is 5.26 Å². The van der Waals surface area contributed by atoms with E-state index in [1.54, 1.807) is 0 Å². The average Bonchev–Trinajstić information content (AvgIpc) is 1.95. The van der Waals surface area contributed by atoms with Crippen molar-refractivity contribution < 1.29 is 5.11 Å². The Bertz CT molecular complexity index is 133. The molecular formula is C7H12N2O. The highest BCUT2D eigenvalue weighted by molar-refractivity contribution is 4.81. The first-order chi connectivity index (χ1) is 4.83. The molecule has 10 heavy (non-hydrogen) atoms. The van der Waals surface area contributed by atoms with E-state index in [0.29, 0.717) is 6.04 Å². The highest BCUT2D eigenvalue weighted by Gasteiger charge is 2.17. The predicted molar refractivity (Wildman–Crippen MR) is 37.0 cm³/mol. The smallest absolute Gasteiger partial charge is 0.176 e. The zero-order chi connectivity index (χ0) is 7.40. The highest BCUT2D eigenvalue weighted by Crippen LogP contribution is 2.17. The minimum atomic E-state index is -0.128. The van der Waals surface area contributed by atoms with E-state index >= 15 is 0 Å². The molecule has 1 aliphatic rings. The Morgan fingerprint density at radius 1 is 1.30 bits per heavy atom. The Morgan fingerprint density at radius 3 is 2.40 bits per heavy atom. The minimum Gasteiger partial charge on any atom is -0.393 e. The molecule has 0 bridgehead atoms. The molecule has 0 aromatic carbocycles. The summed E-state index contributed by atoms with van der Waals surface area (Å²) in [7, 11) is 0. The molecule has 1 rings (SSSR count). The molecule has 0 spiro atoms.